The van der Waals surface area contributed by atoms with Crippen LogP contribution in [0.5, 0.6) is 0 Å². The van der Waals surface area contributed by atoms with Crippen LogP contribution in [0.25, 0.3) is 0 Å². The van der Waals surface area contributed by atoms with E-state index in [0.717, 1.165) is 12.8 Å². The van der Waals surface area contributed by atoms with Crippen molar-refractivity contribution >= 4 is 21.6 Å². The molecule has 2 heterocycles. The second-order valence-corrected chi connectivity index (χ2v) is 8.27. The number of hydrogen-bond acceptors (Lipinski definition) is 4. The van der Waals surface area contributed by atoms with E-state index in [4.69, 9.17) is 0 Å². The molecule has 1 fully saturated rings. The van der Waals surface area contributed by atoms with Crippen LogP contribution in [0.2, 0.25) is 0 Å². The lowest BCUT2D eigenvalue weighted by Crippen LogP contribution is -2.39. The molecule has 7 heteroatoms. The predicted molar refractivity (Wildman–Crippen MR) is 95.8 cm³/mol. The van der Waals surface area contributed by atoms with Crippen LogP contribution in [-0.2, 0) is 10.0 Å². The number of hydrogen-bond donors (Lipinski definition) is 1. The molecule has 1 atom stereocenters. The van der Waals surface area contributed by atoms with Crippen molar-refractivity contribution in [3.8, 4) is 0 Å². The van der Waals surface area contributed by atoms with E-state index in [1.807, 2.05) is 0 Å². The van der Waals surface area contributed by atoms with Crippen LogP contribution in [-0.4, -0.2) is 36.7 Å². The molecule has 3 rings (SSSR count). The molecule has 1 aromatic heterocycles. The largest absolute Gasteiger partial charge is 0.322 e. The predicted octanol–water partition coefficient (Wildman–Crippen LogP) is 2.75. The van der Waals surface area contributed by atoms with Crippen LogP contribution >= 0.6 is 0 Å². The summed E-state index contributed by atoms with van der Waals surface area (Å²) in [7, 11) is -3.48. The first-order chi connectivity index (χ1) is 12.0. The molecule has 0 unspecified atom stereocenters. The maximum absolute atomic E-state index is 12.7. The fourth-order valence-electron chi connectivity index (χ4n) is 2.92. The number of nitrogens with one attached hydrogen (secondary N) is 1. The molecular formula is C18H21N3O3S. The highest BCUT2D eigenvalue weighted by molar-refractivity contribution is 7.89. The van der Waals surface area contributed by atoms with Gasteiger partial charge in [-0.3, -0.25) is 9.78 Å². The number of aromatic nitrogens is 1. The van der Waals surface area contributed by atoms with Crippen LogP contribution in [0, 0.1) is 5.92 Å². The molecule has 1 saturated heterocycles. The Labute approximate surface area is 147 Å². The van der Waals surface area contributed by atoms with E-state index in [-0.39, 0.29) is 10.8 Å². The van der Waals surface area contributed by atoms with E-state index in [9.17, 15) is 13.2 Å². The molecule has 6 nitrogen and oxygen atoms in total. The Kier molecular flexibility index (Phi) is 5.15. The average molecular weight is 359 g/mol. The SMILES string of the molecule is C[C@H]1CCCN(S(=O)(=O)c2ccc(NC(=O)c3cccnc3)cc2)C1. The van der Waals surface area contributed by atoms with Gasteiger partial charge in [0.15, 0.2) is 0 Å². The van der Waals surface area contributed by atoms with Gasteiger partial charge < -0.3 is 5.32 Å². The zero-order valence-corrected chi connectivity index (χ0v) is 14.9. The average Bonchev–Trinajstić information content (AvgIpc) is 2.63. The minimum Gasteiger partial charge on any atom is -0.322 e. The first-order valence-corrected chi connectivity index (χ1v) is 9.72. The van der Waals surface area contributed by atoms with Gasteiger partial charge in [-0.15, -0.1) is 0 Å². The van der Waals surface area contributed by atoms with Gasteiger partial charge in [0.05, 0.1) is 10.5 Å². The molecule has 132 valence electrons. The van der Waals surface area contributed by atoms with E-state index >= 15 is 0 Å². The highest BCUT2D eigenvalue weighted by Gasteiger charge is 2.28. The third kappa shape index (κ3) is 4.05. The molecule has 1 N–H and O–H groups in total. The van der Waals surface area contributed by atoms with Gasteiger partial charge >= 0.3 is 0 Å². The van der Waals surface area contributed by atoms with Crippen molar-refractivity contribution in [2.24, 2.45) is 5.92 Å². The molecule has 25 heavy (non-hydrogen) atoms. The second kappa shape index (κ2) is 7.33. The number of carbonyl (C=O) groups is 1. The summed E-state index contributed by atoms with van der Waals surface area (Å²) < 4.78 is 27.0. The Hall–Kier alpha value is -2.25. The fraction of sp³-hybridized carbons (Fsp3) is 0.333. The third-order valence-electron chi connectivity index (χ3n) is 4.29. The zero-order chi connectivity index (χ0) is 17.9. The number of amides is 1. The first-order valence-electron chi connectivity index (χ1n) is 8.28. The molecule has 1 amide bonds. The quantitative estimate of drug-likeness (QED) is 0.910. The van der Waals surface area contributed by atoms with Gasteiger partial charge in [0.1, 0.15) is 0 Å². The van der Waals surface area contributed by atoms with Crippen molar-refractivity contribution in [2.75, 3.05) is 18.4 Å². The van der Waals surface area contributed by atoms with E-state index in [1.165, 1.54) is 18.3 Å². The van der Waals surface area contributed by atoms with Gasteiger partial charge in [-0.05, 0) is 55.2 Å². The molecule has 1 aromatic carbocycles. The normalized spacial score (nSPS) is 18.7. The van der Waals surface area contributed by atoms with Gasteiger partial charge in [-0.1, -0.05) is 6.92 Å². The topological polar surface area (TPSA) is 79.4 Å². The molecule has 0 spiro atoms. The highest BCUT2D eigenvalue weighted by atomic mass is 32.2. The van der Waals surface area contributed by atoms with Crippen LogP contribution in [0.4, 0.5) is 5.69 Å². The lowest BCUT2D eigenvalue weighted by Gasteiger charge is -2.30. The first kappa shape index (κ1) is 17.6. The number of carbonyl (C=O) groups excluding carboxylic acids is 1. The van der Waals surface area contributed by atoms with Crippen molar-refractivity contribution in [3.05, 3.63) is 54.4 Å². The summed E-state index contributed by atoms with van der Waals surface area (Å²) in [4.78, 5) is 16.3. The van der Waals surface area contributed by atoms with Crippen molar-refractivity contribution in [2.45, 2.75) is 24.7 Å². The molecule has 0 saturated carbocycles. The molecular weight excluding hydrogens is 338 g/mol. The maximum Gasteiger partial charge on any atom is 0.257 e. The van der Waals surface area contributed by atoms with Gasteiger partial charge in [0.2, 0.25) is 10.0 Å². The standard InChI is InChI=1S/C18H21N3O3S/c1-14-4-3-11-21(13-14)25(23,24)17-8-6-16(7-9-17)20-18(22)15-5-2-10-19-12-15/h2,5-10,12,14H,3-4,11,13H2,1H3,(H,20,22)/t14-/m0/s1. The monoisotopic (exact) mass is 359 g/mol. The minimum atomic E-state index is -3.48. The Morgan fingerprint density at radius 1 is 1.24 bits per heavy atom. The van der Waals surface area contributed by atoms with E-state index in [2.05, 4.69) is 17.2 Å². The minimum absolute atomic E-state index is 0.251. The summed E-state index contributed by atoms with van der Waals surface area (Å²) in [6.45, 7) is 3.19. The van der Waals surface area contributed by atoms with Crippen LogP contribution in [0.1, 0.15) is 30.1 Å². The van der Waals surface area contributed by atoms with Crippen molar-refractivity contribution in [1.29, 1.82) is 0 Å². The Morgan fingerprint density at radius 3 is 2.64 bits per heavy atom. The van der Waals surface area contributed by atoms with Crippen molar-refractivity contribution < 1.29 is 13.2 Å². The summed E-state index contributed by atoms with van der Waals surface area (Å²) in [6.07, 6.45) is 5.02. The van der Waals surface area contributed by atoms with Crippen LogP contribution in [0.3, 0.4) is 0 Å². The number of pyridine rings is 1. The third-order valence-corrected chi connectivity index (χ3v) is 6.17. The van der Waals surface area contributed by atoms with E-state index in [0.29, 0.717) is 30.3 Å². The van der Waals surface area contributed by atoms with E-state index in [1.54, 1.807) is 34.8 Å². The molecule has 1 aliphatic rings. The van der Waals surface area contributed by atoms with Crippen molar-refractivity contribution in [3.63, 3.8) is 0 Å². The smallest absolute Gasteiger partial charge is 0.257 e. The lowest BCUT2D eigenvalue weighted by atomic mass is 10.0. The Morgan fingerprint density at radius 2 is 2.00 bits per heavy atom. The number of piperidine rings is 1. The van der Waals surface area contributed by atoms with Gasteiger partial charge in [-0.2, -0.15) is 4.31 Å². The molecule has 0 radical (unpaired) electrons. The van der Waals surface area contributed by atoms with Crippen molar-refractivity contribution in [1.82, 2.24) is 9.29 Å². The second-order valence-electron chi connectivity index (χ2n) is 6.33. The summed E-state index contributed by atoms with van der Waals surface area (Å²) in [5, 5.41) is 2.74. The summed E-state index contributed by atoms with van der Waals surface area (Å²) in [5.41, 5.74) is 0.987. The summed E-state index contributed by atoms with van der Waals surface area (Å²) in [5.74, 6) is 0.0927. The maximum atomic E-state index is 12.7. The lowest BCUT2D eigenvalue weighted by molar-refractivity contribution is 0.102. The summed E-state index contributed by atoms with van der Waals surface area (Å²) in [6, 6.07) is 9.63. The molecule has 2 aromatic rings. The molecule has 1 aliphatic heterocycles. The van der Waals surface area contributed by atoms with Crippen LogP contribution in [0.15, 0.2) is 53.7 Å². The molecule has 0 aliphatic carbocycles. The van der Waals surface area contributed by atoms with Gasteiger partial charge in [0.25, 0.3) is 5.91 Å². The number of rotatable bonds is 4. The molecule has 0 bridgehead atoms. The van der Waals surface area contributed by atoms with Gasteiger partial charge in [-0.25, -0.2) is 8.42 Å². The Balaban J connectivity index is 1.72. The number of benzene rings is 1. The fourth-order valence-corrected chi connectivity index (χ4v) is 4.52. The summed E-state index contributed by atoms with van der Waals surface area (Å²) >= 11 is 0. The highest BCUT2D eigenvalue weighted by Crippen LogP contribution is 2.24. The Bertz CT molecular complexity index is 836. The number of nitrogens with zero attached hydrogens (tertiary/aromatic N) is 2. The zero-order valence-electron chi connectivity index (χ0n) is 14.1. The van der Waals surface area contributed by atoms with Crippen LogP contribution < -0.4 is 5.32 Å². The number of sulfonamides is 1. The number of anilines is 1. The van der Waals surface area contributed by atoms with E-state index < -0.39 is 10.0 Å². The van der Waals surface area contributed by atoms with Gasteiger partial charge in [0, 0.05) is 31.2 Å².